The van der Waals surface area contributed by atoms with E-state index in [2.05, 4.69) is 6.92 Å². The molecule has 0 saturated heterocycles. The minimum absolute atomic E-state index is 0.0144. The molecule has 1 aliphatic carbocycles. The van der Waals surface area contributed by atoms with Gasteiger partial charge in [-0.25, -0.2) is 0 Å². The molecular formula is C14H24O2. The zero-order valence-electron chi connectivity index (χ0n) is 10.6. The summed E-state index contributed by atoms with van der Waals surface area (Å²) < 4.78 is 0. The minimum atomic E-state index is 0.0144. The van der Waals surface area contributed by atoms with Gasteiger partial charge in [-0.3, -0.25) is 4.79 Å². The Balaban J connectivity index is 2.51. The molecule has 0 heterocycles. The average Bonchev–Trinajstić information content (AvgIpc) is 2.76. The van der Waals surface area contributed by atoms with Crippen molar-refractivity contribution in [3.8, 4) is 0 Å². The molecule has 92 valence electrons. The number of ketones is 2. The van der Waals surface area contributed by atoms with E-state index in [1.165, 1.54) is 12.8 Å². The quantitative estimate of drug-likeness (QED) is 0.663. The Bertz CT molecular complexity index is 239. The molecule has 0 spiro atoms. The molecule has 0 aromatic heterocycles. The molecular weight excluding hydrogens is 200 g/mol. The first kappa shape index (κ1) is 13.4. The van der Waals surface area contributed by atoms with Crippen molar-refractivity contribution in [1.82, 2.24) is 0 Å². The number of unbranched alkanes of at least 4 members (excludes halogenated alkanes) is 1. The largest absolute Gasteiger partial charge is 0.300 e. The summed E-state index contributed by atoms with van der Waals surface area (Å²) in [5.74, 6) is 0.815. The lowest BCUT2D eigenvalue weighted by Gasteiger charge is -2.18. The molecule has 2 heteroatoms. The Morgan fingerprint density at radius 1 is 1.25 bits per heavy atom. The summed E-state index contributed by atoms with van der Waals surface area (Å²) >= 11 is 0. The second kappa shape index (κ2) is 6.82. The first-order valence-corrected chi connectivity index (χ1v) is 6.68. The summed E-state index contributed by atoms with van der Waals surface area (Å²) in [6.07, 6.45) is 8.04. The number of carbonyl (C=O) groups excluding carboxylic acids is 2. The second-order valence-corrected chi connectivity index (χ2v) is 5.13. The number of rotatable bonds is 7. The van der Waals surface area contributed by atoms with Gasteiger partial charge in [-0.2, -0.15) is 0 Å². The van der Waals surface area contributed by atoms with Crippen LogP contribution in [0.3, 0.4) is 0 Å². The third-order valence-corrected chi connectivity index (χ3v) is 3.60. The highest BCUT2D eigenvalue weighted by atomic mass is 16.1. The lowest BCUT2D eigenvalue weighted by Crippen LogP contribution is -2.23. The lowest BCUT2D eigenvalue weighted by molar-refractivity contribution is -0.130. The molecule has 1 atom stereocenters. The molecule has 1 saturated carbocycles. The van der Waals surface area contributed by atoms with Crippen LogP contribution in [0.25, 0.3) is 0 Å². The normalized spacial score (nSPS) is 18.6. The van der Waals surface area contributed by atoms with E-state index in [1.807, 2.05) is 0 Å². The van der Waals surface area contributed by atoms with Gasteiger partial charge in [-0.05, 0) is 26.2 Å². The van der Waals surface area contributed by atoms with Gasteiger partial charge < -0.3 is 4.79 Å². The Hall–Kier alpha value is -0.660. The summed E-state index contributed by atoms with van der Waals surface area (Å²) in [5.41, 5.74) is 0. The Labute approximate surface area is 98.8 Å². The maximum atomic E-state index is 12.2. The van der Waals surface area contributed by atoms with Crippen molar-refractivity contribution in [2.45, 2.75) is 65.2 Å². The zero-order valence-corrected chi connectivity index (χ0v) is 10.6. The van der Waals surface area contributed by atoms with Crippen LogP contribution in [0.4, 0.5) is 0 Å². The molecule has 0 aromatic carbocycles. The summed E-state index contributed by atoms with van der Waals surface area (Å²) in [7, 11) is 0. The van der Waals surface area contributed by atoms with Gasteiger partial charge in [0, 0.05) is 18.3 Å². The van der Waals surface area contributed by atoms with Crippen LogP contribution in [-0.4, -0.2) is 11.6 Å². The third kappa shape index (κ3) is 4.07. The van der Waals surface area contributed by atoms with E-state index in [9.17, 15) is 9.59 Å². The van der Waals surface area contributed by atoms with Crippen LogP contribution < -0.4 is 0 Å². The van der Waals surface area contributed by atoms with E-state index in [4.69, 9.17) is 0 Å². The van der Waals surface area contributed by atoms with E-state index >= 15 is 0 Å². The van der Waals surface area contributed by atoms with Crippen molar-refractivity contribution in [2.24, 2.45) is 11.8 Å². The molecule has 2 nitrogen and oxygen atoms in total. The van der Waals surface area contributed by atoms with Gasteiger partial charge in [0.2, 0.25) is 0 Å². The third-order valence-electron chi connectivity index (χ3n) is 3.60. The number of Topliss-reactive ketones (excluding diaryl/α,β-unsaturated/α-hetero) is 2. The molecule has 1 aliphatic rings. The smallest absolute Gasteiger partial charge is 0.139 e. The molecule has 0 radical (unpaired) electrons. The maximum Gasteiger partial charge on any atom is 0.139 e. The van der Waals surface area contributed by atoms with E-state index in [0.717, 1.165) is 32.1 Å². The highest BCUT2D eigenvalue weighted by Gasteiger charge is 2.29. The molecule has 1 rings (SSSR count). The fourth-order valence-corrected chi connectivity index (χ4v) is 2.69. The first-order valence-electron chi connectivity index (χ1n) is 6.68. The van der Waals surface area contributed by atoms with E-state index in [1.54, 1.807) is 6.92 Å². The summed E-state index contributed by atoms with van der Waals surface area (Å²) in [6, 6.07) is 0. The molecule has 1 fully saturated rings. The number of carbonyl (C=O) groups is 2. The summed E-state index contributed by atoms with van der Waals surface area (Å²) in [5, 5.41) is 0. The SMILES string of the molecule is CCCCC(CC(C)=O)C(=O)C1CCCC1. The predicted octanol–water partition coefficient (Wildman–Crippen LogP) is 3.53. The Kier molecular flexibility index (Phi) is 5.72. The van der Waals surface area contributed by atoms with Gasteiger partial charge in [-0.15, -0.1) is 0 Å². The molecule has 0 N–H and O–H groups in total. The van der Waals surface area contributed by atoms with Crippen molar-refractivity contribution in [3.63, 3.8) is 0 Å². The van der Waals surface area contributed by atoms with Crippen LogP contribution in [0, 0.1) is 11.8 Å². The van der Waals surface area contributed by atoms with Gasteiger partial charge in [0.05, 0.1) is 0 Å². The van der Waals surface area contributed by atoms with Crippen molar-refractivity contribution in [1.29, 1.82) is 0 Å². The maximum absolute atomic E-state index is 12.2. The topological polar surface area (TPSA) is 34.1 Å². The van der Waals surface area contributed by atoms with E-state index in [-0.39, 0.29) is 17.6 Å². The molecule has 16 heavy (non-hydrogen) atoms. The highest BCUT2D eigenvalue weighted by Crippen LogP contribution is 2.30. The highest BCUT2D eigenvalue weighted by molar-refractivity contribution is 5.88. The molecule has 1 unspecified atom stereocenters. The van der Waals surface area contributed by atoms with Gasteiger partial charge in [0.25, 0.3) is 0 Å². The van der Waals surface area contributed by atoms with Crippen LogP contribution in [0.15, 0.2) is 0 Å². The van der Waals surface area contributed by atoms with Crippen molar-refractivity contribution < 1.29 is 9.59 Å². The average molecular weight is 224 g/mol. The van der Waals surface area contributed by atoms with Gasteiger partial charge >= 0.3 is 0 Å². The summed E-state index contributed by atoms with van der Waals surface area (Å²) in [4.78, 5) is 23.4. The first-order chi connectivity index (χ1) is 7.65. The van der Waals surface area contributed by atoms with E-state index in [0.29, 0.717) is 12.2 Å². The zero-order chi connectivity index (χ0) is 12.0. The fourth-order valence-electron chi connectivity index (χ4n) is 2.69. The molecule has 0 aromatic rings. The van der Waals surface area contributed by atoms with Crippen LogP contribution in [0.2, 0.25) is 0 Å². The molecule has 0 aliphatic heterocycles. The van der Waals surface area contributed by atoms with E-state index < -0.39 is 0 Å². The monoisotopic (exact) mass is 224 g/mol. The van der Waals surface area contributed by atoms with Crippen LogP contribution in [0.1, 0.15) is 65.2 Å². The van der Waals surface area contributed by atoms with Crippen molar-refractivity contribution in [3.05, 3.63) is 0 Å². The minimum Gasteiger partial charge on any atom is -0.300 e. The lowest BCUT2D eigenvalue weighted by atomic mass is 9.85. The van der Waals surface area contributed by atoms with Crippen molar-refractivity contribution in [2.75, 3.05) is 0 Å². The van der Waals surface area contributed by atoms with Gasteiger partial charge in [-0.1, -0.05) is 32.6 Å². The van der Waals surface area contributed by atoms with Crippen molar-refractivity contribution >= 4 is 11.6 Å². The standard InChI is InChI=1S/C14H24O2/c1-3-4-7-13(10-11(2)15)14(16)12-8-5-6-9-12/h12-13H,3-10H2,1-2H3. The molecule has 0 bridgehead atoms. The van der Waals surface area contributed by atoms with Crippen LogP contribution in [-0.2, 0) is 9.59 Å². The summed E-state index contributed by atoms with van der Waals surface area (Å²) in [6.45, 7) is 3.73. The molecule has 0 amide bonds. The predicted molar refractivity (Wildman–Crippen MR) is 65.3 cm³/mol. The van der Waals surface area contributed by atoms with Crippen LogP contribution in [0.5, 0.6) is 0 Å². The van der Waals surface area contributed by atoms with Gasteiger partial charge in [0.15, 0.2) is 0 Å². The Morgan fingerprint density at radius 2 is 1.88 bits per heavy atom. The van der Waals surface area contributed by atoms with Crippen LogP contribution >= 0.6 is 0 Å². The fraction of sp³-hybridized carbons (Fsp3) is 0.857. The Morgan fingerprint density at radius 3 is 2.38 bits per heavy atom. The number of hydrogen-bond acceptors (Lipinski definition) is 2. The van der Waals surface area contributed by atoms with Gasteiger partial charge in [0.1, 0.15) is 11.6 Å². The number of hydrogen-bond donors (Lipinski definition) is 0. The second-order valence-electron chi connectivity index (χ2n) is 5.13.